The number of aliphatic hydroxyl groups excluding tert-OH is 7. The average molecular weight is 879 g/mol. The third-order valence-electron chi connectivity index (χ3n) is 11.8. The number of carbonyl (C=O) groups is 2. The monoisotopic (exact) mass is 879 g/mol. The minimum absolute atomic E-state index is 0.172. The number of unbranched alkanes of at least 4 members (excludes halogenated alkanes) is 23. The molecule has 61 heavy (non-hydrogen) atoms. The van der Waals surface area contributed by atoms with E-state index < -0.39 is 92.7 Å². The van der Waals surface area contributed by atoms with Crippen LogP contribution in [0.5, 0.6) is 0 Å². The minimum Gasteiger partial charge on any atom is -0.462 e. The van der Waals surface area contributed by atoms with E-state index >= 15 is 0 Å². The van der Waals surface area contributed by atoms with Crippen molar-refractivity contribution in [1.82, 2.24) is 0 Å². The maximum absolute atomic E-state index is 12.9. The molecule has 0 saturated carbocycles. The van der Waals surface area contributed by atoms with Gasteiger partial charge in [0, 0.05) is 12.8 Å². The molecule has 0 radical (unpaired) electrons. The molecule has 360 valence electrons. The van der Waals surface area contributed by atoms with Crippen molar-refractivity contribution in [2.45, 2.75) is 255 Å². The first-order valence-electron chi connectivity index (χ1n) is 24.1. The Bertz CT molecular complexity index is 1080. The Hall–Kier alpha value is -1.50. The summed E-state index contributed by atoms with van der Waals surface area (Å²) in [5, 5.41) is 71.6. The van der Waals surface area contributed by atoms with Crippen LogP contribution in [0.1, 0.15) is 187 Å². The third-order valence-corrected chi connectivity index (χ3v) is 11.8. The molecule has 0 bridgehead atoms. The molecule has 0 aliphatic carbocycles. The summed E-state index contributed by atoms with van der Waals surface area (Å²) >= 11 is 0. The van der Waals surface area contributed by atoms with Gasteiger partial charge in [0.2, 0.25) is 0 Å². The molecule has 0 aromatic rings. The lowest BCUT2D eigenvalue weighted by molar-refractivity contribution is -0.332. The average Bonchev–Trinajstić information content (AvgIpc) is 3.25. The molecule has 0 spiro atoms. The van der Waals surface area contributed by atoms with E-state index in [0.717, 1.165) is 32.1 Å². The molecule has 2 aliphatic heterocycles. The zero-order valence-corrected chi connectivity index (χ0v) is 37.7. The van der Waals surface area contributed by atoms with Gasteiger partial charge in [0.25, 0.3) is 0 Å². The van der Waals surface area contributed by atoms with Crippen molar-refractivity contribution in [3.05, 3.63) is 0 Å². The molecule has 0 aromatic carbocycles. The molecule has 2 aliphatic rings. The lowest BCUT2D eigenvalue weighted by Crippen LogP contribution is -2.61. The highest BCUT2D eigenvalue weighted by Crippen LogP contribution is 2.26. The molecule has 7 N–H and O–H groups in total. The van der Waals surface area contributed by atoms with Crippen LogP contribution >= 0.6 is 0 Å². The summed E-state index contributed by atoms with van der Waals surface area (Å²) in [5.41, 5.74) is 0. The second-order valence-corrected chi connectivity index (χ2v) is 17.3. The quantitative estimate of drug-likeness (QED) is 0.0295. The Labute approximate surface area is 366 Å². The highest BCUT2D eigenvalue weighted by atomic mass is 16.7. The number of rotatable bonds is 37. The Morgan fingerprint density at radius 3 is 1.31 bits per heavy atom. The van der Waals surface area contributed by atoms with E-state index in [2.05, 4.69) is 6.92 Å². The van der Waals surface area contributed by atoms with Crippen molar-refractivity contribution in [3.8, 4) is 0 Å². The summed E-state index contributed by atoms with van der Waals surface area (Å²) < 4.78 is 33.2. The Morgan fingerprint density at radius 1 is 0.459 bits per heavy atom. The van der Waals surface area contributed by atoms with Crippen molar-refractivity contribution in [2.24, 2.45) is 0 Å². The fraction of sp³-hybridized carbons (Fsp3) is 0.957. The highest BCUT2D eigenvalue weighted by molar-refractivity contribution is 5.70. The minimum atomic E-state index is -1.76. The van der Waals surface area contributed by atoms with Crippen LogP contribution in [0.4, 0.5) is 0 Å². The van der Waals surface area contributed by atoms with Crippen molar-refractivity contribution in [1.29, 1.82) is 0 Å². The smallest absolute Gasteiger partial charge is 0.306 e. The van der Waals surface area contributed by atoms with Gasteiger partial charge in [0.1, 0.15) is 55.4 Å². The standard InChI is InChI=1S/C46H86O15/c1-3-5-7-8-9-10-11-12-13-14-15-16-17-18-19-20-21-22-23-24-25-27-29-38(49)59-34(31-56-37(48)28-26-6-4-2)32-57-45-44(55)42(53)40(51)36(61-45)33-58-46-43(54)41(52)39(50)35(30-47)60-46/h34-36,39-47,50-55H,3-33H2,1-2H3. The predicted molar refractivity (Wildman–Crippen MR) is 229 cm³/mol. The Kier molecular flexibility index (Phi) is 31.8. The summed E-state index contributed by atoms with van der Waals surface area (Å²) in [6, 6.07) is 0. The van der Waals surface area contributed by atoms with Gasteiger partial charge in [0.05, 0.1) is 19.8 Å². The first-order valence-corrected chi connectivity index (χ1v) is 24.1. The molecule has 0 aromatic heterocycles. The maximum atomic E-state index is 12.9. The number of ether oxygens (including phenoxy) is 6. The van der Waals surface area contributed by atoms with Gasteiger partial charge in [-0.15, -0.1) is 0 Å². The van der Waals surface area contributed by atoms with Crippen LogP contribution in [0.25, 0.3) is 0 Å². The number of hydrogen-bond donors (Lipinski definition) is 7. The fourth-order valence-corrected chi connectivity index (χ4v) is 7.81. The van der Waals surface area contributed by atoms with Gasteiger partial charge in [-0.3, -0.25) is 9.59 Å². The topological polar surface area (TPSA) is 231 Å². The van der Waals surface area contributed by atoms with Crippen LogP contribution in [-0.4, -0.2) is 142 Å². The normalized spacial score (nSPS) is 27.2. The molecule has 15 nitrogen and oxygen atoms in total. The van der Waals surface area contributed by atoms with E-state index in [1.54, 1.807) is 0 Å². The number of hydrogen-bond acceptors (Lipinski definition) is 15. The maximum Gasteiger partial charge on any atom is 0.306 e. The fourth-order valence-electron chi connectivity index (χ4n) is 7.81. The van der Waals surface area contributed by atoms with E-state index in [4.69, 9.17) is 28.4 Å². The first kappa shape index (κ1) is 55.6. The lowest BCUT2D eigenvalue weighted by Gasteiger charge is -2.42. The number of esters is 2. The van der Waals surface area contributed by atoms with Crippen LogP contribution in [-0.2, 0) is 38.0 Å². The van der Waals surface area contributed by atoms with Crippen LogP contribution in [0.15, 0.2) is 0 Å². The van der Waals surface area contributed by atoms with Gasteiger partial charge in [-0.1, -0.05) is 162 Å². The summed E-state index contributed by atoms with van der Waals surface area (Å²) in [5.74, 6) is -0.942. The molecule has 11 unspecified atom stereocenters. The molecule has 2 heterocycles. The second kappa shape index (κ2) is 34.8. The Balaban J connectivity index is 1.67. The summed E-state index contributed by atoms with van der Waals surface area (Å²) in [4.78, 5) is 25.2. The molecule has 2 fully saturated rings. The van der Waals surface area contributed by atoms with E-state index in [1.165, 1.54) is 116 Å². The van der Waals surface area contributed by atoms with Crippen LogP contribution < -0.4 is 0 Å². The molecule has 2 rings (SSSR count). The van der Waals surface area contributed by atoms with E-state index in [-0.39, 0.29) is 26.1 Å². The molecule has 2 saturated heterocycles. The van der Waals surface area contributed by atoms with Gasteiger partial charge < -0.3 is 64.2 Å². The molecular weight excluding hydrogens is 792 g/mol. The summed E-state index contributed by atoms with van der Waals surface area (Å²) in [7, 11) is 0. The van der Waals surface area contributed by atoms with E-state index in [9.17, 15) is 45.3 Å². The van der Waals surface area contributed by atoms with Crippen molar-refractivity contribution >= 4 is 11.9 Å². The number of aliphatic hydroxyl groups is 7. The lowest BCUT2D eigenvalue weighted by atomic mass is 9.98. The first-order chi connectivity index (χ1) is 29.5. The molecular formula is C46H86O15. The molecule has 0 amide bonds. The Morgan fingerprint density at radius 2 is 0.836 bits per heavy atom. The second-order valence-electron chi connectivity index (χ2n) is 17.3. The molecule has 15 heteroatoms. The largest absolute Gasteiger partial charge is 0.462 e. The van der Waals surface area contributed by atoms with Crippen molar-refractivity contribution < 1.29 is 73.8 Å². The van der Waals surface area contributed by atoms with Gasteiger partial charge >= 0.3 is 11.9 Å². The SMILES string of the molecule is CCCCCCCCCCCCCCCCCCCCCCCCC(=O)OC(COC(=O)CCCCC)COC1OC(COC2OC(CO)C(O)C(O)C2O)C(O)C(O)C1O. The van der Waals surface area contributed by atoms with E-state index in [0.29, 0.717) is 12.8 Å². The van der Waals surface area contributed by atoms with E-state index in [1.807, 2.05) is 6.92 Å². The summed E-state index contributed by atoms with van der Waals surface area (Å²) in [6.45, 7) is 2.41. The third kappa shape index (κ3) is 23.8. The van der Waals surface area contributed by atoms with Crippen molar-refractivity contribution in [3.63, 3.8) is 0 Å². The van der Waals surface area contributed by atoms with Crippen LogP contribution in [0.3, 0.4) is 0 Å². The van der Waals surface area contributed by atoms with Gasteiger partial charge in [0.15, 0.2) is 18.7 Å². The summed E-state index contributed by atoms with van der Waals surface area (Å²) in [6.07, 6.45) is 14.0. The van der Waals surface area contributed by atoms with Crippen molar-refractivity contribution in [2.75, 3.05) is 26.4 Å². The number of carbonyl (C=O) groups excluding carboxylic acids is 2. The van der Waals surface area contributed by atoms with Gasteiger partial charge in [-0.05, 0) is 12.8 Å². The highest BCUT2D eigenvalue weighted by Gasteiger charge is 2.47. The molecule has 11 atom stereocenters. The zero-order chi connectivity index (χ0) is 44.7. The predicted octanol–water partition coefficient (Wildman–Crippen LogP) is 5.65. The van der Waals surface area contributed by atoms with Gasteiger partial charge in [-0.25, -0.2) is 0 Å². The zero-order valence-electron chi connectivity index (χ0n) is 37.7. The van der Waals surface area contributed by atoms with Gasteiger partial charge in [-0.2, -0.15) is 0 Å². The van der Waals surface area contributed by atoms with Crippen LogP contribution in [0, 0.1) is 0 Å². The van der Waals surface area contributed by atoms with Crippen LogP contribution in [0.2, 0.25) is 0 Å².